The predicted octanol–water partition coefficient (Wildman–Crippen LogP) is 8.84. The summed E-state index contributed by atoms with van der Waals surface area (Å²) in [6.07, 6.45) is 1.97. The molecule has 0 saturated heterocycles. The number of likely N-dealkylation sites (N-methyl/N-ethyl adjacent to an activating group) is 1. The molecule has 7 rings (SSSR count). The molecule has 0 aliphatic carbocycles. The van der Waals surface area contributed by atoms with Crippen LogP contribution in [0.5, 0.6) is 0 Å². The Morgan fingerprint density at radius 1 is 0.500 bits per heavy atom. The second-order valence-corrected chi connectivity index (χ2v) is 12.7. The number of anilines is 2. The second kappa shape index (κ2) is 14.7. The normalized spacial score (nSPS) is 11.6. The van der Waals surface area contributed by atoms with Crippen molar-refractivity contribution in [1.29, 1.82) is 0 Å². The van der Waals surface area contributed by atoms with Crippen LogP contribution in [0.3, 0.4) is 0 Å². The van der Waals surface area contributed by atoms with Gasteiger partial charge in [-0.2, -0.15) is 5.10 Å². The van der Waals surface area contributed by atoms with E-state index in [0.717, 1.165) is 34.7 Å². The number of hydrogen-bond donors (Lipinski definition) is 2. The van der Waals surface area contributed by atoms with Crippen LogP contribution in [0.4, 0.5) is 11.5 Å². The van der Waals surface area contributed by atoms with Gasteiger partial charge in [0.25, 0.3) is 0 Å². The molecular formula is C45H43N5. The molecule has 6 aromatic carbocycles. The van der Waals surface area contributed by atoms with Gasteiger partial charge in [0.05, 0.1) is 17.4 Å². The minimum absolute atomic E-state index is 0.538. The van der Waals surface area contributed by atoms with Gasteiger partial charge >= 0.3 is 0 Å². The topological polar surface area (TPSA) is 45.1 Å². The zero-order valence-corrected chi connectivity index (χ0v) is 28.7. The summed E-state index contributed by atoms with van der Waals surface area (Å²) < 4.78 is 1.95. The lowest BCUT2D eigenvalue weighted by atomic mass is 9.77. The van der Waals surface area contributed by atoms with Gasteiger partial charge in [-0.3, -0.25) is 10.00 Å². The first-order chi connectivity index (χ1) is 24.6. The van der Waals surface area contributed by atoms with Crippen LogP contribution in [0.1, 0.15) is 33.4 Å². The second-order valence-electron chi connectivity index (χ2n) is 12.7. The van der Waals surface area contributed by atoms with Crippen LogP contribution in [0, 0.1) is 0 Å². The zero-order valence-electron chi connectivity index (χ0n) is 28.7. The van der Waals surface area contributed by atoms with Crippen molar-refractivity contribution in [3.8, 4) is 0 Å². The van der Waals surface area contributed by atoms with Crippen LogP contribution in [-0.2, 0) is 18.1 Å². The Bertz CT molecular complexity index is 1870. The third kappa shape index (κ3) is 6.20. The van der Waals surface area contributed by atoms with Crippen molar-refractivity contribution in [3.05, 3.63) is 222 Å². The molecule has 0 saturated carbocycles. The van der Waals surface area contributed by atoms with Crippen molar-refractivity contribution in [1.82, 2.24) is 15.1 Å². The van der Waals surface area contributed by atoms with Crippen LogP contribution < -0.4 is 15.5 Å². The number of rotatable bonds is 13. The van der Waals surface area contributed by atoms with Crippen molar-refractivity contribution < 1.29 is 0 Å². The average Bonchev–Trinajstić information content (AvgIpc) is 3.56. The molecule has 5 heteroatoms. The average molecular weight is 654 g/mol. The number of hydrogen-bond acceptors (Lipinski definition) is 4. The van der Waals surface area contributed by atoms with E-state index in [1.807, 2.05) is 17.9 Å². The molecule has 0 bridgehead atoms. The first kappa shape index (κ1) is 32.6. The van der Waals surface area contributed by atoms with E-state index in [0.29, 0.717) is 6.54 Å². The standard InChI is InChI=1S/C45H43N5/c1-49(34-33-46-44(36-21-9-3-10-22-36,37-23-11-4-12-24-37)38-25-13-5-14-26-38)42-35-47-50(2)43(42)48-45(39-27-15-6-16-28-39,40-29-17-7-18-30-40)41-31-19-8-20-32-41/h3-32,35,46,48H,33-34H2,1-2H3. The van der Waals surface area contributed by atoms with Crippen molar-refractivity contribution in [2.75, 3.05) is 30.4 Å². The highest BCUT2D eigenvalue weighted by Gasteiger charge is 2.39. The van der Waals surface area contributed by atoms with E-state index in [9.17, 15) is 0 Å². The molecule has 0 aliphatic rings. The lowest BCUT2D eigenvalue weighted by molar-refractivity contribution is 0.477. The minimum Gasteiger partial charge on any atom is -0.369 e. The summed E-state index contributed by atoms with van der Waals surface area (Å²) in [4.78, 5) is 2.29. The molecule has 7 aromatic rings. The maximum atomic E-state index is 4.79. The largest absolute Gasteiger partial charge is 0.369 e. The highest BCUT2D eigenvalue weighted by Crippen LogP contribution is 2.42. The Balaban J connectivity index is 1.25. The van der Waals surface area contributed by atoms with E-state index in [1.165, 1.54) is 16.7 Å². The first-order valence-corrected chi connectivity index (χ1v) is 17.2. The van der Waals surface area contributed by atoms with Crippen LogP contribution in [0.25, 0.3) is 0 Å². The first-order valence-electron chi connectivity index (χ1n) is 17.2. The fraction of sp³-hybridized carbons (Fsp3) is 0.133. The number of aromatic nitrogens is 2. The number of benzene rings is 6. The maximum absolute atomic E-state index is 4.79. The molecule has 0 aliphatic heterocycles. The third-order valence-corrected chi connectivity index (χ3v) is 9.71. The monoisotopic (exact) mass is 653 g/mol. The Morgan fingerprint density at radius 3 is 1.16 bits per heavy atom. The maximum Gasteiger partial charge on any atom is 0.149 e. The van der Waals surface area contributed by atoms with Crippen LogP contribution in [-0.4, -0.2) is 29.9 Å². The van der Waals surface area contributed by atoms with Crippen LogP contribution in [0.2, 0.25) is 0 Å². The number of nitrogens with zero attached hydrogens (tertiary/aromatic N) is 3. The summed E-state index contributed by atoms with van der Waals surface area (Å²) in [5.74, 6) is 0.935. The molecule has 5 nitrogen and oxygen atoms in total. The smallest absolute Gasteiger partial charge is 0.149 e. The van der Waals surface area contributed by atoms with Gasteiger partial charge in [-0.15, -0.1) is 0 Å². The minimum atomic E-state index is -0.672. The van der Waals surface area contributed by atoms with Gasteiger partial charge in [-0.1, -0.05) is 182 Å². The summed E-state index contributed by atoms with van der Waals surface area (Å²) >= 11 is 0. The summed E-state index contributed by atoms with van der Waals surface area (Å²) in [5.41, 5.74) is 6.84. The number of aryl methyl sites for hydroxylation is 1. The summed E-state index contributed by atoms with van der Waals surface area (Å²) in [6, 6.07) is 64.3. The molecule has 2 N–H and O–H groups in total. The zero-order chi connectivity index (χ0) is 34.2. The van der Waals surface area contributed by atoms with Gasteiger partial charge < -0.3 is 10.2 Å². The Hall–Kier alpha value is -5.91. The molecule has 1 heterocycles. The molecule has 0 unspecified atom stereocenters. The molecule has 1 aromatic heterocycles. The van der Waals surface area contributed by atoms with Gasteiger partial charge in [0.2, 0.25) is 0 Å². The molecule has 0 radical (unpaired) electrons. The summed E-state index contributed by atoms with van der Waals surface area (Å²) in [7, 11) is 4.16. The van der Waals surface area contributed by atoms with Crippen molar-refractivity contribution >= 4 is 11.5 Å². The number of nitrogens with one attached hydrogen (secondary N) is 2. The van der Waals surface area contributed by atoms with E-state index < -0.39 is 11.1 Å². The third-order valence-electron chi connectivity index (χ3n) is 9.71. The van der Waals surface area contributed by atoms with E-state index in [-0.39, 0.29) is 0 Å². The Labute approximate surface area is 295 Å². The summed E-state index contributed by atoms with van der Waals surface area (Å²) in [5, 5.41) is 12.9. The summed E-state index contributed by atoms with van der Waals surface area (Å²) in [6.45, 7) is 1.45. The van der Waals surface area contributed by atoms with E-state index >= 15 is 0 Å². The SMILES string of the molecule is CN(CCNC(c1ccccc1)(c1ccccc1)c1ccccc1)c1cnn(C)c1NC(c1ccccc1)(c1ccccc1)c1ccccc1. The van der Waals surface area contributed by atoms with Gasteiger partial charge in [0.15, 0.2) is 0 Å². The van der Waals surface area contributed by atoms with E-state index in [1.54, 1.807) is 0 Å². The van der Waals surface area contributed by atoms with Crippen LogP contribution in [0.15, 0.2) is 188 Å². The fourth-order valence-corrected chi connectivity index (χ4v) is 7.21. The van der Waals surface area contributed by atoms with Gasteiger partial charge in [0.1, 0.15) is 11.4 Å². The van der Waals surface area contributed by atoms with Crippen molar-refractivity contribution in [2.24, 2.45) is 7.05 Å². The van der Waals surface area contributed by atoms with Crippen molar-refractivity contribution in [3.63, 3.8) is 0 Å². The van der Waals surface area contributed by atoms with E-state index in [4.69, 9.17) is 5.10 Å². The molecule has 50 heavy (non-hydrogen) atoms. The molecule has 0 spiro atoms. The quantitative estimate of drug-likeness (QED) is 0.122. The molecular weight excluding hydrogens is 611 g/mol. The molecule has 0 atom stereocenters. The molecule has 0 amide bonds. The van der Waals surface area contributed by atoms with E-state index in [2.05, 4.69) is 205 Å². The van der Waals surface area contributed by atoms with Gasteiger partial charge in [0, 0.05) is 27.2 Å². The lowest BCUT2D eigenvalue weighted by Crippen LogP contribution is -2.47. The Morgan fingerprint density at radius 2 is 0.820 bits per heavy atom. The highest BCUT2D eigenvalue weighted by molar-refractivity contribution is 5.70. The fourth-order valence-electron chi connectivity index (χ4n) is 7.21. The highest BCUT2D eigenvalue weighted by atomic mass is 15.4. The Kier molecular flexibility index (Phi) is 9.59. The van der Waals surface area contributed by atoms with Crippen molar-refractivity contribution in [2.45, 2.75) is 11.1 Å². The molecule has 0 fully saturated rings. The van der Waals surface area contributed by atoms with Crippen LogP contribution >= 0.6 is 0 Å². The van der Waals surface area contributed by atoms with Gasteiger partial charge in [-0.05, 0) is 33.4 Å². The lowest BCUT2D eigenvalue weighted by Gasteiger charge is -2.39. The van der Waals surface area contributed by atoms with Gasteiger partial charge in [-0.25, -0.2) is 0 Å². The predicted molar refractivity (Wildman–Crippen MR) is 207 cm³/mol. The molecule has 248 valence electrons.